The summed E-state index contributed by atoms with van der Waals surface area (Å²) in [6, 6.07) is 14.5. The molecule has 1 aliphatic heterocycles. The van der Waals surface area contributed by atoms with E-state index >= 15 is 0 Å². The normalized spacial score (nSPS) is 17.6. The number of carbonyl (C=O) groups is 3. The van der Waals surface area contributed by atoms with Crippen molar-refractivity contribution in [1.82, 2.24) is 15.2 Å². The zero-order chi connectivity index (χ0) is 23.4. The number of nitrogens with zero attached hydrogens (tertiary/aromatic N) is 1. The number of carboxylic acids is 1. The summed E-state index contributed by atoms with van der Waals surface area (Å²) in [5.41, 5.74) is 8.87. The summed E-state index contributed by atoms with van der Waals surface area (Å²) in [4.78, 5) is 42.6. The van der Waals surface area contributed by atoms with Gasteiger partial charge in [0.2, 0.25) is 11.8 Å². The average Bonchev–Trinajstić information content (AvgIpc) is 3.46. The first-order valence-corrected chi connectivity index (χ1v) is 11.1. The topological polar surface area (TPSA) is 129 Å². The van der Waals surface area contributed by atoms with E-state index in [0.29, 0.717) is 25.8 Å². The Morgan fingerprint density at radius 1 is 1.09 bits per heavy atom. The maximum Gasteiger partial charge on any atom is 0.326 e. The molecule has 2 aromatic carbocycles. The molecule has 1 aromatic heterocycles. The molecule has 172 valence electrons. The van der Waals surface area contributed by atoms with Gasteiger partial charge in [-0.2, -0.15) is 0 Å². The second-order valence-corrected chi connectivity index (χ2v) is 8.45. The Morgan fingerprint density at radius 3 is 2.58 bits per heavy atom. The van der Waals surface area contributed by atoms with Gasteiger partial charge in [-0.1, -0.05) is 48.5 Å². The Bertz CT molecular complexity index is 1140. The van der Waals surface area contributed by atoms with E-state index in [9.17, 15) is 19.5 Å². The highest BCUT2D eigenvalue weighted by Gasteiger charge is 2.38. The summed E-state index contributed by atoms with van der Waals surface area (Å²) in [6.45, 7) is 0.353. The molecular weight excluding hydrogens is 420 g/mol. The Morgan fingerprint density at radius 2 is 1.82 bits per heavy atom. The molecule has 8 heteroatoms. The van der Waals surface area contributed by atoms with Gasteiger partial charge in [0.05, 0.1) is 6.04 Å². The van der Waals surface area contributed by atoms with Crippen molar-refractivity contribution in [1.29, 1.82) is 0 Å². The highest BCUT2D eigenvalue weighted by Crippen LogP contribution is 2.23. The Balaban J connectivity index is 1.56. The standard InChI is InChI=1S/C25H28N4O4/c26-19(13-16-7-2-1-3-8-16)23(30)28-21(24(31)29-12-6-11-22(29)25(32)33)14-17-15-27-20-10-5-4-9-18(17)20/h1-5,7-10,15,19,21-22,27H,6,11-14,26H2,(H,28,30)(H,32,33). The van der Waals surface area contributed by atoms with Crippen molar-refractivity contribution in [3.63, 3.8) is 0 Å². The Labute approximate surface area is 191 Å². The number of H-pyrrole nitrogens is 1. The molecule has 1 aliphatic rings. The predicted octanol–water partition coefficient (Wildman–Crippen LogP) is 1.84. The molecule has 3 atom stereocenters. The van der Waals surface area contributed by atoms with E-state index in [1.807, 2.05) is 60.8 Å². The van der Waals surface area contributed by atoms with Crippen LogP contribution in [0.1, 0.15) is 24.0 Å². The van der Waals surface area contributed by atoms with Gasteiger partial charge >= 0.3 is 5.97 Å². The van der Waals surface area contributed by atoms with Gasteiger partial charge in [-0.3, -0.25) is 9.59 Å². The number of hydrogen-bond donors (Lipinski definition) is 4. The van der Waals surface area contributed by atoms with E-state index in [2.05, 4.69) is 10.3 Å². The van der Waals surface area contributed by atoms with Gasteiger partial charge in [0.15, 0.2) is 0 Å². The maximum atomic E-state index is 13.4. The van der Waals surface area contributed by atoms with Crippen LogP contribution in [0.3, 0.4) is 0 Å². The van der Waals surface area contributed by atoms with Crippen molar-refractivity contribution < 1.29 is 19.5 Å². The van der Waals surface area contributed by atoms with Crippen LogP contribution in [0.5, 0.6) is 0 Å². The van der Waals surface area contributed by atoms with Gasteiger partial charge in [0.25, 0.3) is 0 Å². The second-order valence-electron chi connectivity index (χ2n) is 8.45. The molecule has 0 bridgehead atoms. The number of nitrogens with one attached hydrogen (secondary N) is 2. The summed E-state index contributed by atoms with van der Waals surface area (Å²) in [5, 5.41) is 13.3. The third-order valence-electron chi connectivity index (χ3n) is 6.17. The molecular formula is C25H28N4O4. The van der Waals surface area contributed by atoms with Crippen LogP contribution in [0.15, 0.2) is 60.8 Å². The number of aromatic amines is 1. The summed E-state index contributed by atoms with van der Waals surface area (Å²) in [7, 11) is 0. The van der Waals surface area contributed by atoms with Crippen LogP contribution in [0, 0.1) is 0 Å². The van der Waals surface area contributed by atoms with Crippen molar-refractivity contribution in [2.24, 2.45) is 5.73 Å². The van der Waals surface area contributed by atoms with E-state index in [1.54, 1.807) is 0 Å². The van der Waals surface area contributed by atoms with Crippen LogP contribution in [0.2, 0.25) is 0 Å². The molecule has 0 radical (unpaired) electrons. The van der Waals surface area contributed by atoms with E-state index in [-0.39, 0.29) is 6.42 Å². The monoisotopic (exact) mass is 448 g/mol. The lowest BCUT2D eigenvalue weighted by atomic mass is 10.0. The number of fused-ring (bicyclic) bond motifs is 1. The van der Waals surface area contributed by atoms with Crippen molar-refractivity contribution in [2.75, 3.05) is 6.54 Å². The van der Waals surface area contributed by atoms with Crippen molar-refractivity contribution in [3.05, 3.63) is 71.9 Å². The Kier molecular flexibility index (Phi) is 6.74. The molecule has 5 N–H and O–H groups in total. The third kappa shape index (κ3) is 5.06. The Hall–Kier alpha value is -3.65. The van der Waals surface area contributed by atoms with Crippen molar-refractivity contribution in [3.8, 4) is 0 Å². The van der Waals surface area contributed by atoms with Crippen molar-refractivity contribution >= 4 is 28.7 Å². The molecule has 4 rings (SSSR count). The fourth-order valence-corrected chi connectivity index (χ4v) is 4.45. The number of carbonyl (C=O) groups excluding carboxylic acids is 2. The van der Waals surface area contributed by atoms with Crippen LogP contribution in [-0.4, -0.2) is 57.4 Å². The molecule has 33 heavy (non-hydrogen) atoms. The van der Waals surface area contributed by atoms with E-state index in [4.69, 9.17) is 5.73 Å². The average molecular weight is 449 g/mol. The van der Waals surface area contributed by atoms with Crippen LogP contribution >= 0.6 is 0 Å². The first-order valence-electron chi connectivity index (χ1n) is 11.1. The quantitative estimate of drug-likeness (QED) is 0.418. The summed E-state index contributed by atoms with van der Waals surface area (Å²) in [6.07, 6.45) is 3.41. The number of carboxylic acid groups (broad SMARTS) is 1. The molecule has 0 aliphatic carbocycles. The van der Waals surface area contributed by atoms with E-state index in [1.165, 1.54) is 4.90 Å². The fraction of sp³-hybridized carbons (Fsp3) is 0.320. The molecule has 1 saturated heterocycles. The summed E-state index contributed by atoms with van der Waals surface area (Å²) in [5.74, 6) is -1.87. The highest BCUT2D eigenvalue weighted by atomic mass is 16.4. The number of likely N-dealkylation sites (tertiary alicyclic amines) is 1. The number of hydrogen-bond acceptors (Lipinski definition) is 4. The molecule has 1 fully saturated rings. The smallest absolute Gasteiger partial charge is 0.326 e. The summed E-state index contributed by atoms with van der Waals surface area (Å²) < 4.78 is 0. The third-order valence-corrected chi connectivity index (χ3v) is 6.17. The zero-order valence-electron chi connectivity index (χ0n) is 18.2. The molecule has 3 unspecified atom stereocenters. The zero-order valence-corrected chi connectivity index (χ0v) is 18.2. The van der Waals surface area contributed by atoms with Gasteiger partial charge in [-0.25, -0.2) is 4.79 Å². The second kappa shape index (κ2) is 9.87. The minimum atomic E-state index is -1.03. The lowest BCUT2D eigenvalue weighted by molar-refractivity contribution is -0.149. The number of aromatic nitrogens is 1. The van der Waals surface area contributed by atoms with E-state index < -0.39 is 35.9 Å². The number of nitrogens with two attached hydrogens (primary N) is 1. The van der Waals surface area contributed by atoms with Crippen LogP contribution in [0.25, 0.3) is 10.9 Å². The lowest BCUT2D eigenvalue weighted by Gasteiger charge is -2.28. The first kappa shape index (κ1) is 22.5. The molecule has 3 aromatic rings. The lowest BCUT2D eigenvalue weighted by Crippen LogP contribution is -2.55. The highest BCUT2D eigenvalue weighted by molar-refractivity contribution is 5.93. The molecule has 2 amide bonds. The fourth-order valence-electron chi connectivity index (χ4n) is 4.45. The first-order chi connectivity index (χ1) is 15.9. The number of para-hydroxylation sites is 1. The molecule has 8 nitrogen and oxygen atoms in total. The van der Waals surface area contributed by atoms with Crippen molar-refractivity contribution in [2.45, 2.75) is 43.8 Å². The van der Waals surface area contributed by atoms with E-state index in [0.717, 1.165) is 22.0 Å². The largest absolute Gasteiger partial charge is 0.480 e. The number of aliphatic carboxylic acids is 1. The van der Waals surface area contributed by atoms with Gasteiger partial charge in [-0.15, -0.1) is 0 Å². The van der Waals surface area contributed by atoms with Crippen LogP contribution in [0.4, 0.5) is 0 Å². The molecule has 0 spiro atoms. The molecule has 2 heterocycles. The SMILES string of the molecule is NC(Cc1ccccc1)C(=O)NC(Cc1c[nH]c2ccccc12)C(=O)N1CCCC1C(=O)O. The minimum absolute atomic E-state index is 0.232. The van der Waals surface area contributed by atoms with Gasteiger partial charge in [-0.05, 0) is 36.5 Å². The van der Waals surface area contributed by atoms with Gasteiger partial charge < -0.3 is 26.0 Å². The number of amides is 2. The summed E-state index contributed by atoms with van der Waals surface area (Å²) >= 11 is 0. The molecule has 0 saturated carbocycles. The van der Waals surface area contributed by atoms with Gasteiger partial charge in [0, 0.05) is 30.1 Å². The van der Waals surface area contributed by atoms with Gasteiger partial charge in [0.1, 0.15) is 12.1 Å². The predicted molar refractivity (Wildman–Crippen MR) is 124 cm³/mol. The maximum absolute atomic E-state index is 13.4. The van der Waals surface area contributed by atoms with Crippen LogP contribution in [-0.2, 0) is 27.2 Å². The minimum Gasteiger partial charge on any atom is -0.480 e. The number of rotatable bonds is 8. The van der Waals surface area contributed by atoms with Crippen LogP contribution < -0.4 is 11.1 Å². The number of benzene rings is 2.